The summed E-state index contributed by atoms with van der Waals surface area (Å²) in [5, 5.41) is 3.39. The lowest BCUT2D eigenvalue weighted by Gasteiger charge is -2.06. The van der Waals surface area contributed by atoms with Crippen molar-refractivity contribution < 1.29 is 9.18 Å². The molecule has 0 atom stereocenters. The standard InChI is InChI=1S/C15H13ClFNOS/c16-11-5-7-12(8-6-11)20-10-9-18-15(19)13-3-1-2-4-14(13)17/h1-8H,9-10H2,(H,18,19). The number of nitrogens with one attached hydrogen (secondary N) is 1. The largest absolute Gasteiger partial charge is 0.351 e. The number of hydrogen-bond donors (Lipinski definition) is 1. The number of thioether (sulfide) groups is 1. The molecular weight excluding hydrogens is 297 g/mol. The van der Waals surface area contributed by atoms with Gasteiger partial charge >= 0.3 is 0 Å². The minimum Gasteiger partial charge on any atom is -0.351 e. The van der Waals surface area contributed by atoms with Gasteiger partial charge in [-0.2, -0.15) is 0 Å². The molecule has 5 heteroatoms. The first-order valence-corrected chi connectivity index (χ1v) is 7.44. The maximum atomic E-state index is 13.4. The Morgan fingerprint density at radius 2 is 1.85 bits per heavy atom. The average Bonchev–Trinajstić information content (AvgIpc) is 2.46. The molecule has 0 heterocycles. The minimum absolute atomic E-state index is 0.0731. The van der Waals surface area contributed by atoms with Crippen molar-refractivity contribution in [2.45, 2.75) is 4.90 Å². The quantitative estimate of drug-likeness (QED) is 0.668. The third-order valence-electron chi connectivity index (χ3n) is 2.59. The van der Waals surface area contributed by atoms with Crippen LogP contribution in [0, 0.1) is 5.82 Å². The van der Waals surface area contributed by atoms with E-state index < -0.39 is 5.82 Å². The normalized spacial score (nSPS) is 10.3. The van der Waals surface area contributed by atoms with E-state index in [0.717, 1.165) is 4.90 Å². The Hall–Kier alpha value is -1.52. The van der Waals surface area contributed by atoms with E-state index in [1.807, 2.05) is 24.3 Å². The van der Waals surface area contributed by atoms with Gasteiger partial charge in [-0.25, -0.2) is 4.39 Å². The van der Waals surface area contributed by atoms with Crippen LogP contribution in [0.4, 0.5) is 4.39 Å². The molecule has 20 heavy (non-hydrogen) atoms. The van der Waals surface area contributed by atoms with Gasteiger partial charge in [0, 0.05) is 22.2 Å². The van der Waals surface area contributed by atoms with Crippen molar-refractivity contribution in [1.82, 2.24) is 5.32 Å². The van der Waals surface area contributed by atoms with Crippen LogP contribution in [0.25, 0.3) is 0 Å². The number of halogens is 2. The van der Waals surface area contributed by atoms with Crippen LogP contribution in [0.2, 0.25) is 5.02 Å². The van der Waals surface area contributed by atoms with Gasteiger partial charge in [0.05, 0.1) is 5.56 Å². The first-order valence-electron chi connectivity index (χ1n) is 6.08. The number of hydrogen-bond acceptors (Lipinski definition) is 2. The second kappa shape index (κ2) is 7.31. The Kier molecular flexibility index (Phi) is 5.44. The molecule has 2 rings (SSSR count). The van der Waals surface area contributed by atoms with E-state index in [9.17, 15) is 9.18 Å². The molecule has 0 saturated heterocycles. The van der Waals surface area contributed by atoms with E-state index in [1.165, 1.54) is 12.1 Å². The maximum absolute atomic E-state index is 13.4. The lowest BCUT2D eigenvalue weighted by atomic mass is 10.2. The lowest BCUT2D eigenvalue weighted by molar-refractivity contribution is 0.0952. The second-order valence-corrected chi connectivity index (χ2v) is 5.64. The van der Waals surface area contributed by atoms with Gasteiger partial charge in [0.1, 0.15) is 5.82 Å². The van der Waals surface area contributed by atoms with E-state index in [4.69, 9.17) is 11.6 Å². The van der Waals surface area contributed by atoms with Crippen molar-refractivity contribution in [3.05, 3.63) is 64.9 Å². The fourth-order valence-electron chi connectivity index (χ4n) is 1.60. The van der Waals surface area contributed by atoms with Gasteiger partial charge in [-0.3, -0.25) is 4.79 Å². The van der Waals surface area contributed by atoms with E-state index in [-0.39, 0.29) is 11.5 Å². The first kappa shape index (κ1) is 14.9. The Labute approximate surface area is 126 Å². The summed E-state index contributed by atoms with van der Waals surface area (Å²) in [6, 6.07) is 13.4. The van der Waals surface area contributed by atoms with Crippen molar-refractivity contribution in [2.24, 2.45) is 0 Å². The summed E-state index contributed by atoms with van der Waals surface area (Å²) in [4.78, 5) is 12.8. The molecule has 2 aromatic carbocycles. The molecule has 0 bridgehead atoms. The average molecular weight is 310 g/mol. The molecule has 1 N–H and O–H groups in total. The minimum atomic E-state index is -0.504. The highest BCUT2D eigenvalue weighted by Crippen LogP contribution is 2.19. The number of benzene rings is 2. The molecule has 0 fully saturated rings. The van der Waals surface area contributed by atoms with E-state index in [2.05, 4.69) is 5.32 Å². The Balaban J connectivity index is 1.77. The summed E-state index contributed by atoms with van der Waals surface area (Å²) in [6.45, 7) is 0.473. The van der Waals surface area contributed by atoms with Gasteiger partial charge in [0.2, 0.25) is 0 Å². The van der Waals surface area contributed by atoms with Crippen LogP contribution < -0.4 is 5.32 Å². The van der Waals surface area contributed by atoms with Crippen molar-refractivity contribution in [2.75, 3.05) is 12.3 Å². The van der Waals surface area contributed by atoms with Gasteiger partial charge < -0.3 is 5.32 Å². The second-order valence-electron chi connectivity index (χ2n) is 4.04. The Bertz CT molecular complexity index is 589. The predicted molar refractivity (Wildman–Crippen MR) is 80.9 cm³/mol. The summed E-state index contributed by atoms with van der Waals surface area (Å²) in [5.74, 6) is -0.183. The molecular formula is C15H13ClFNOS. The number of amides is 1. The third kappa shape index (κ3) is 4.25. The van der Waals surface area contributed by atoms with Crippen LogP contribution >= 0.6 is 23.4 Å². The molecule has 0 saturated carbocycles. The highest BCUT2D eigenvalue weighted by atomic mass is 35.5. The molecule has 2 nitrogen and oxygen atoms in total. The van der Waals surface area contributed by atoms with Gasteiger partial charge in [-0.15, -0.1) is 11.8 Å². The van der Waals surface area contributed by atoms with Crippen LogP contribution in [0.15, 0.2) is 53.4 Å². The van der Waals surface area contributed by atoms with E-state index in [1.54, 1.807) is 23.9 Å². The smallest absolute Gasteiger partial charge is 0.254 e. The highest BCUT2D eigenvalue weighted by Gasteiger charge is 2.09. The lowest BCUT2D eigenvalue weighted by Crippen LogP contribution is -2.26. The summed E-state index contributed by atoms with van der Waals surface area (Å²) in [6.07, 6.45) is 0. The fraction of sp³-hybridized carbons (Fsp3) is 0.133. The summed E-state index contributed by atoms with van der Waals surface area (Å²) < 4.78 is 13.4. The molecule has 1 amide bonds. The zero-order valence-corrected chi connectivity index (χ0v) is 12.2. The van der Waals surface area contributed by atoms with Crippen molar-refractivity contribution in [3.63, 3.8) is 0 Å². The number of rotatable bonds is 5. The Morgan fingerprint density at radius 3 is 2.55 bits per heavy atom. The molecule has 104 valence electrons. The maximum Gasteiger partial charge on any atom is 0.254 e. The van der Waals surface area contributed by atoms with E-state index >= 15 is 0 Å². The Morgan fingerprint density at radius 1 is 1.15 bits per heavy atom. The first-order chi connectivity index (χ1) is 9.66. The van der Waals surface area contributed by atoms with Gasteiger partial charge in [-0.05, 0) is 36.4 Å². The molecule has 0 radical (unpaired) electrons. The summed E-state index contributed by atoms with van der Waals surface area (Å²) in [7, 11) is 0. The molecule has 0 unspecified atom stereocenters. The van der Waals surface area contributed by atoms with Crippen LogP contribution in [0.1, 0.15) is 10.4 Å². The number of carbonyl (C=O) groups excluding carboxylic acids is 1. The third-order valence-corrected chi connectivity index (χ3v) is 3.85. The molecule has 0 aromatic heterocycles. The fourth-order valence-corrected chi connectivity index (χ4v) is 2.50. The van der Waals surface area contributed by atoms with Crippen molar-refractivity contribution >= 4 is 29.3 Å². The topological polar surface area (TPSA) is 29.1 Å². The molecule has 0 aliphatic heterocycles. The predicted octanol–water partition coefficient (Wildman–Crippen LogP) is 4.00. The molecule has 2 aromatic rings. The van der Waals surface area contributed by atoms with Crippen molar-refractivity contribution in [1.29, 1.82) is 0 Å². The van der Waals surface area contributed by atoms with Crippen molar-refractivity contribution in [3.8, 4) is 0 Å². The van der Waals surface area contributed by atoms with Crippen LogP contribution in [0.5, 0.6) is 0 Å². The summed E-state index contributed by atoms with van der Waals surface area (Å²) in [5.41, 5.74) is 0.0731. The van der Waals surface area contributed by atoms with Gasteiger partial charge in [0.15, 0.2) is 0 Å². The van der Waals surface area contributed by atoms with Crippen LogP contribution in [-0.4, -0.2) is 18.2 Å². The highest BCUT2D eigenvalue weighted by molar-refractivity contribution is 7.99. The van der Waals surface area contributed by atoms with Gasteiger partial charge in [0.25, 0.3) is 5.91 Å². The van der Waals surface area contributed by atoms with Crippen LogP contribution in [-0.2, 0) is 0 Å². The molecule has 0 aliphatic rings. The van der Waals surface area contributed by atoms with E-state index in [0.29, 0.717) is 17.3 Å². The molecule has 0 spiro atoms. The number of carbonyl (C=O) groups is 1. The zero-order valence-electron chi connectivity index (χ0n) is 10.6. The molecule has 0 aliphatic carbocycles. The van der Waals surface area contributed by atoms with Crippen LogP contribution in [0.3, 0.4) is 0 Å². The van der Waals surface area contributed by atoms with Gasteiger partial charge in [-0.1, -0.05) is 23.7 Å². The monoisotopic (exact) mass is 309 g/mol. The summed E-state index contributed by atoms with van der Waals surface area (Å²) >= 11 is 7.40. The zero-order chi connectivity index (χ0) is 14.4. The SMILES string of the molecule is O=C(NCCSc1ccc(Cl)cc1)c1ccccc1F.